The third kappa shape index (κ3) is 5.92. The second kappa shape index (κ2) is 10.2. The molecular formula is C24H35FN2O. The zero-order chi connectivity index (χ0) is 19.9. The van der Waals surface area contributed by atoms with Crippen LogP contribution in [-0.2, 0) is 13.1 Å². The summed E-state index contributed by atoms with van der Waals surface area (Å²) in [6.07, 6.45) is 4.79. The molecule has 0 bridgehead atoms. The first-order valence-electron chi connectivity index (χ1n) is 10.8. The van der Waals surface area contributed by atoms with Crippen LogP contribution in [0.5, 0.6) is 0 Å². The summed E-state index contributed by atoms with van der Waals surface area (Å²) in [5.41, 5.74) is 1.21. The minimum absolute atomic E-state index is 0.156. The maximum atomic E-state index is 13.3. The molecular weight excluding hydrogens is 351 g/mol. The molecule has 0 amide bonds. The predicted molar refractivity (Wildman–Crippen MR) is 113 cm³/mol. The van der Waals surface area contributed by atoms with E-state index in [9.17, 15) is 4.39 Å². The van der Waals surface area contributed by atoms with Crippen LogP contribution in [0.4, 0.5) is 4.39 Å². The Morgan fingerprint density at radius 1 is 1.07 bits per heavy atom. The summed E-state index contributed by atoms with van der Waals surface area (Å²) in [4.78, 5) is 5.15. The Morgan fingerprint density at radius 2 is 1.75 bits per heavy atom. The fourth-order valence-corrected chi connectivity index (χ4v) is 4.28. The summed E-state index contributed by atoms with van der Waals surface area (Å²) >= 11 is 0. The number of rotatable bonds is 9. The SMILES string of the molecule is CCC(CC)CN(Cc1ccc(F)cc1)C1CCN(Cc2ccc(C)o2)CC1. The molecule has 1 aliphatic heterocycles. The fraction of sp³-hybridized carbons (Fsp3) is 0.583. The van der Waals surface area contributed by atoms with E-state index in [-0.39, 0.29) is 5.82 Å². The summed E-state index contributed by atoms with van der Waals surface area (Å²) in [5, 5.41) is 0. The lowest BCUT2D eigenvalue weighted by Gasteiger charge is -2.39. The molecule has 2 aromatic rings. The number of benzene rings is 1. The second-order valence-corrected chi connectivity index (χ2v) is 8.26. The second-order valence-electron chi connectivity index (χ2n) is 8.26. The smallest absolute Gasteiger partial charge is 0.123 e. The van der Waals surface area contributed by atoms with Crippen LogP contribution in [0.25, 0.3) is 0 Å². The predicted octanol–water partition coefficient (Wildman–Crippen LogP) is 5.63. The Balaban J connectivity index is 1.60. The van der Waals surface area contributed by atoms with Crippen LogP contribution in [0.15, 0.2) is 40.8 Å². The molecule has 0 radical (unpaired) electrons. The highest BCUT2D eigenvalue weighted by Crippen LogP contribution is 2.23. The van der Waals surface area contributed by atoms with Gasteiger partial charge in [0.05, 0.1) is 6.54 Å². The van der Waals surface area contributed by atoms with Gasteiger partial charge in [0.1, 0.15) is 17.3 Å². The number of hydrogen-bond donors (Lipinski definition) is 0. The van der Waals surface area contributed by atoms with Crippen LogP contribution in [-0.4, -0.2) is 35.5 Å². The van der Waals surface area contributed by atoms with Crippen LogP contribution < -0.4 is 0 Å². The van der Waals surface area contributed by atoms with E-state index in [0.717, 1.165) is 50.2 Å². The number of nitrogens with zero attached hydrogens (tertiary/aromatic N) is 2. The number of aryl methyl sites for hydroxylation is 1. The van der Waals surface area contributed by atoms with Gasteiger partial charge < -0.3 is 4.42 Å². The van der Waals surface area contributed by atoms with E-state index in [4.69, 9.17) is 4.42 Å². The van der Waals surface area contributed by atoms with Crippen molar-refractivity contribution in [3.8, 4) is 0 Å². The van der Waals surface area contributed by atoms with E-state index >= 15 is 0 Å². The molecule has 4 heteroatoms. The lowest BCUT2D eigenvalue weighted by atomic mass is 9.97. The van der Waals surface area contributed by atoms with Gasteiger partial charge in [-0.2, -0.15) is 0 Å². The van der Waals surface area contributed by atoms with Crippen molar-refractivity contribution in [1.82, 2.24) is 9.80 Å². The topological polar surface area (TPSA) is 19.6 Å². The van der Waals surface area contributed by atoms with Gasteiger partial charge >= 0.3 is 0 Å². The molecule has 3 nitrogen and oxygen atoms in total. The van der Waals surface area contributed by atoms with E-state index in [1.807, 2.05) is 25.1 Å². The molecule has 1 fully saturated rings. The maximum absolute atomic E-state index is 13.3. The quantitative estimate of drug-likeness (QED) is 0.557. The minimum Gasteiger partial charge on any atom is -0.465 e. The van der Waals surface area contributed by atoms with Crippen LogP contribution in [0.2, 0.25) is 0 Å². The average Bonchev–Trinajstić information content (AvgIpc) is 3.12. The number of halogens is 1. The van der Waals surface area contributed by atoms with Gasteiger partial charge in [0.25, 0.3) is 0 Å². The summed E-state index contributed by atoms with van der Waals surface area (Å²) < 4.78 is 19.0. The van der Waals surface area contributed by atoms with Crippen molar-refractivity contribution in [2.24, 2.45) is 5.92 Å². The lowest BCUT2D eigenvalue weighted by molar-refractivity contribution is 0.0812. The fourth-order valence-electron chi connectivity index (χ4n) is 4.28. The third-order valence-corrected chi connectivity index (χ3v) is 6.20. The number of furan rings is 1. The first kappa shape index (κ1) is 21.1. The number of hydrogen-bond acceptors (Lipinski definition) is 3. The summed E-state index contributed by atoms with van der Waals surface area (Å²) in [6, 6.07) is 11.8. The van der Waals surface area contributed by atoms with Gasteiger partial charge in [0.15, 0.2) is 0 Å². The van der Waals surface area contributed by atoms with Gasteiger partial charge in [0, 0.05) is 32.2 Å². The largest absolute Gasteiger partial charge is 0.465 e. The van der Waals surface area contributed by atoms with Gasteiger partial charge in [0.2, 0.25) is 0 Å². The highest BCUT2D eigenvalue weighted by Gasteiger charge is 2.26. The van der Waals surface area contributed by atoms with Crippen LogP contribution in [0.3, 0.4) is 0 Å². The highest BCUT2D eigenvalue weighted by molar-refractivity contribution is 5.16. The van der Waals surface area contributed by atoms with E-state index in [2.05, 4.69) is 29.7 Å². The molecule has 1 aliphatic rings. The van der Waals surface area contributed by atoms with E-state index in [0.29, 0.717) is 6.04 Å². The Bertz CT molecular complexity index is 700. The maximum Gasteiger partial charge on any atom is 0.123 e. The van der Waals surface area contributed by atoms with Gasteiger partial charge in [-0.05, 0) is 55.5 Å². The first-order valence-corrected chi connectivity index (χ1v) is 10.8. The normalized spacial score (nSPS) is 16.4. The molecule has 28 heavy (non-hydrogen) atoms. The number of likely N-dealkylation sites (tertiary alicyclic amines) is 1. The van der Waals surface area contributed by atoms with Crippen molar-refractivity contribution in [1.29, 1.82) is 0 Å². The van der Waals surface area contributed by atoms with Crippen molar-refractivity contribution in [2.75, 3.05) is 19.6 Å². The van der Waals surface area contributed by atoms with Gasteiger partial charge in [-0.15, -0.1) is 0 Å². The molecule has 1 aromatic heterocycles. The van der Waals surface area contributed by atoms with Crippen molar-refractivity contribution in [3.05, 3.63) is 59.3 Å². The van der Waals surface area contributed by atoms with Crippen molar-refractivity contribution in [2.45, 2.75) is 65.6 Å². The summed E-state index contributed by atoms with van der Waals surface area (Å²) in [7, 11) is 0. The van der Waals surface area contributed by atoms with Gasteiger partial charge in [-0.1, -0.05) is 38.8 Å². The Hall–Kier alpha value is -1.65. The first-order chi connectivity index (χ1) is 13.6. The van der Waals surface area contributed by atoms with Crippen LogP contribution >= 0.6 is 0 Å². The van der Waals surface area contributed by atoms with Crippen molar-refractivity contribution < 1.29 is 8.81 Å². The molecule has 0 N–H and O–H groups in total. The Labute approximate surface area is 169 Å². The monoisotopic (exact) mass is 386 g/mol. The number of piperidine rings is 1. The molecule has 2 heterocycles. The van der Waals surface area contributed by atoms with Gasteiger partial charge in [-0.25, -0.2) is 4.39 Å². The Morgan fingerprint density at radius 3 is 2.32 bits per heavy atom. The van der Waals surface area contributed by atoms with Crippen molar-refractivity contribution >= 4 is 0 Å². The molecule has 0 aliphatic carbocycles. The van der Waals surface area contributed by atoms with Crippen LogP contribution in [0.1, 0.15) is 56.6 Å². The van der Waals surface area contributed by atoms with E-state index < -0.39 is 0 Å². The van der Waals surface area contributed by atoms with Gasteiger partial charge in [-0.3, -0.25) is 9.80 Å². The Kier molecular flexibility index (Phi) is 7.69. The third-order valence-electron chi connectivity index (χ3n) is 6.20. The minimum atomic E-state index is -0.156. The molecule has 154 valence electrons. The standard InChI is InChI=1S/C24H35FN2O/c1-4-20(5-2)16-27(17-21-7-9-22(25)10-8-21)23-12-14-26(15-13-23)18-24-11-6-19(3)28-24/h6-11,20,23H,4-5,12-18H2,1-3H3. The molecule has 1 saturated heterocycles. The highest BCUT2D eigenvalue weighted by atomic mass is 19.1. The molecule has 0 unspecified atom stereocenters. The summed E-state index contributed by atoms with van der Waals surface area (Å²) in [5.74, 6) is 2.62. The molecule has 3 rings (SSSR count). The van der Waals surface area contributed by atoms with E-state index in [1.165, 1.54) is 31.2 Å². The zero-order valence-corrected chi connectivity index (χ0v) is 17.7. The van der Waals surface area contributed by atoms with Crippen LogP contribution in [0, 0.1) is 18.7 Å². The van der Waals surface area contributed by atoms with E-state index in [1.54, 1.807) is 12.1 Å². The summed E-state index contributed by atoms with van der Waals surface area (Å²) in [6.45, 7) is 11.7. The molecule has 0 spiro atoms. The van der Waals surface area contributed by atoms with Crippen molar-refractivity contribution in [3.63, 3.8) is 0 Å². The molecule has 0 saturated carbocycles. The zero-order valence-electron chi connectivity index (χ0n) is 17.7. The average molecular weight is 387 g/mol. The molecule has 1 aromatic carbocycles. The molecule has 0 atom stereocenters. The lowest BCUT2D eigenvalue weighted by Crippen LogP contribution is -2.45.